The third-order valence-corrected chi connectivity index (χ3v) is 7.14. The highest BCUT2D eigenvalue weighted by Crippen LogP contribution is 2.43. The van der Waals surface area contributed by atoms with Gasteiger partial charge in [-0.1, -0.05) is 55.7 Å². The minimum Gasteiger partial charge on any atom is -0.198 e. The molecule has 1 fully saturated rings. The van der Waals surface area contributed by atoms with Crippen LogP contribution in [0.15, 0.2) is 48.5 Å². The van der Waals surface area contributed by atoms with E-state index in [-0.39, 0.29) is 0 Å². The lowest BCUT2D eigenvalue weighted by Gasteiger charge is -2.25. The molecule has 1 saturated carbocycles. The molecule has 1 atom stereocenters. The number of hydrogen-bond donors (Lipinski definition) is 0. The first kappa shape index (κ1) is 18.2. The molecule has 1 aliphatic heterocycles. The summed E-state index contributed by atoms with van der Waals surface area (Å²) in [6, 6.07) is 15.2. The molecule has 3 aromatic rings. The maximum absolute atomic E-state index is 9.67. The molecule has 2 aromatic carbocycles. The van der Waals surface area contributed by atoms with Crippen LogP contribution in [0.2, 0.25) is 0 Å². The van der Waals surface area contributed by atoms with E-state index < -0.39 is 5.89 Å². The van der Waals surface area contributed by atoms with Crippen molar-refractivity contribution in [3.8, 4) is 17.1 Å². The Hall–Kier alpha value is -2.61. The van der Waals surface area contributed by atoms with E-state index in [0.717, 1.165) is 18.5 Å². The van der Waals surface area contributed by atoms with Gasteiger partial charge in [-0.2, -0.15) is 9.13 Å². The summed E-state index contributed by atoms with van der Waals surface area (Å²) in [4.78, 5) is 0. The lowest BCUT2D eigenvalue weighted by atomic mass is 9.79. The zero-order valence-corrected chi connectivity index (χ0v) is 18.7. The predicted octanol–water partition coefficient (Wildman–Crippen LogP) is 6.81. The molecule has 2 nitrogen and oxygen atoms in total. The molecule has 30 heavy (non-hydrogen) atoms. The number of fused-ring (bicyclic) bond motifs is 1. The van der Waals surface area contributed by atoms with Gasteiger partial charge in [0.15, 0.2) is 5.69 Å². The molecule has 0 radical (unpaired) electrons. The second kappa shape index (κ2) is 7.58. The Morgan fingerprint density at radius 2 is 1.53 bits per heavy atom. The van der Waals surface area contributed by atoms with E-state index in [2.05, 4.69) is 91.6 Å². The van der Waals surface area contributed by atoms with Gasteiger partial charge in [-0.15, -0.1) is 0 Å². The molecule has 0 saturated heterocycles. The first-order valence-electron chi connectivity index (χ1n) is 11.9. The van der Waals surface area contributed by atoms with Crippen LogP contribution in [0.3, 0.4) is 0 Å². The number of imidazole rings is 1. The van der Waals surface area contributed by atoms with E-state index in [1.54, 1.807) is 0 Å². The molecule has 154 valence electrons. The third kappa shape index (κ3) is 2.96. The number of allylic oxidation sites excluding steroid dienone is 1. The number of aryl methyl sites for hydroxylation is 3. The van der Waals surface area contributed by atoms with E-state index in [1.807, 2.05) is 0 Å². The summed E-state index contributed by atoms with van der Waals surface area (Å²) >= 11 is 0. The second-order valence-corrected chi connectivity index (χ2v) is 9.12. The quantitative estimate of drug-likeness (QED) is 0.428. The maximum Gasteiger partial charge on any atom is 0.299 e. The third-order valence-electron chi connectivity index (χ3n) is 7.14. The summed E-state index contributed by atoms with van der Waals surface area (Å²) in [5.74, 6) is 0.922. The van der Waals surface area contributed by atoms with Crippen molar-refractivity contribution in [1.82, 2.24) is 4.57 Å². The largest absolute Gasteiger partial charge is 0.299 e. The summed E-state index contributed by atoms with van der Waals surface area (Å²) in [7, 11) is 0. The van der Waals surface area contributed by atoms with Crippen LogP contribution in [-0.4, -0.2) is 4.57 Å². The number of para-hydroxylation sites is 1. The minimum atomic E-state index is -0.649. The van der Waals surface area contributed by atoms with Crippen LogP contribution in [-0.2, 0) is 0 Å². The average molecular weight is 399 g/mol. The van der Waals surface area contributed by atoms with Gasteiger partial charge in [-0.3, -0.25) is 0 Å². The molecular formula is C28H33N2+. The van der Waals surface area contributed by atoms with E-state index in [0.29, 0.717) is 5.92 Å². The Morgan fingerprint density at radius 3 is 2.23 bits per heavy atom. The molecule has 2 heterocycles. The summed E-state index contributed by atoms with van der Waals surface area (Å²) in [5.41, 5.74) is 8.63. The van der Waals surface area contributed by atoms with Gasteiger partial charge in [0.05, 0.1) is 11.8 Å². The molecule has 1 aliphatic carbocycles. The van der Waals surface area contributed by atoms with Crippen LogP contribution >= 0.6 is 0 Å². The van der Waals surface area contributed by atoms with Crippen molar-refractivity contribution < 1.29 is 5.94 Å². The number of benzene rings is 2. The van der Waals surface area contributed by atoms with E-state index in [1.165, 1.54) is 58.7 Å². The van der Waals surface area contributed by atoms with Crippen LogP contribution in [0.1, 0.15) is 67.4 Å². The highest BCUT2D eigenvalue weighted by Gasteiger charge is 2.40. The molecule has 1 unspecified atom stereocenters. The van der Waals surface area contributed by atoms with Gasteiger partial charge in [0.2, 0.25) is 0 Å². The number of hydrogen-bond acceptors (Lipinski definition) is 0. The fraction of sp³-hybridized carbons (Fsp3) is 0.393. The lowest BCUT2D eigenvalue weighted by Crippen LogP contribution is -2.36. The van der Waals surface area contributed by atoms with Gasteiger partial charge >= 0.3 is 0 Å². The SMILES string of the molecule is [2H]C1(C2CCCCC2)C=Cn2c1c(C)[n+](-c1ccccc1C)c2-c1c(C)cccc1C. The Labute approximate surface area is 182 Å². The fourth-order valence-electron chi connectivity index (χ4n) is 5.63. The molecule has 5 rings (SSSR count). The van der Waals surface area contributed by atoms with Gasteiger partial charge in [0.1, 0.15) is 11.4 Å². The van der Waals surface area contributed by atoms with Gasteiger partial charge < -0.3 is 0 Å². The molecule has 0 amide bonds. The molecule has 0 N–H and O–H groups in total. The van der Waals surface area contributed by atoms with Crippen molar-refractivity contribution in [3.63, 3.8) is 0 Å². The predicted molar refractivity (Wildman–Crippen MR) is 125 cm³/mol. The zero-order valence-electron chi connectivity index (χ0n) is 19.7. The molecule has 2 aliphatic rings. The van der Waals surface area contributed by atoms with E-state index >= 15 is 0 Å². The highest BCUT2D eigenvalue weighted by molar-refractivity contribution is 5.67. The van der Waals surface area contributed by atoms with Crippen LogP contribution in [0.4, 0.5) is 0 Å². The monoisotopic (exact) mass is 398 g/mol. The van der Waals surface area contributed by atoms with Gasteiger partial charge in [0, 0.05) is 14.2 Å². The molecule has 2 heteroatoms. The number of nitrogens with zero attached hydrogens (tertiary/aromatic N) is 2. The molecule has 0 bridgehead atoms. The maximum atomic E-state index is 9.67. The summed E-state index contributed by atoms with van der Waals surface area (Å²) in [6.45, 7) is 8.81. The number of aromatic nitrogens is 2. The molecular weight excluding hydrogens is 364 g/mol. The Morgan fingerprint density at radius 1 is 0.867 bits per heavy atom. The van der Waals surface area contributed by atoms with Gasteiger partial charge in [0.25, 0.3) is 5.82 Å². The van der Waals surface area contributed by atoms with Crippen LogP contribution in [0.5, 0.6) is 0 Å². The normalized spacial score (nSPS) is 21.7. The number of rotatable bonds is 3. The Kier molecular flexibility index (Phi) is 4.59. The first-order chi connectivity index (χ1) is 14.9. The van der Waals surface area contributed by atoms with Crippen molar-refractivity contribution in [2.75, 3.05) is 0 Å². The molecule has 1 aromatic heterocycles. The van der Waals surface area contributed by atoms with Gasteiger partial charge in [-0.25, -0.2) is 0 Å². The van der Waals surface area contributed by atoms with Crippen molar-refractivity contribution in [3.05, 3.63) is 76.6 Å². The zero-order chi connectivity index (χ0) is 21.8. The Balaban J connectivity index is 1.83. The van der Waals surface area contributed by atoms with Crippen molar-refractivity contribution >= 4 is 6.20 Å². The van der Waals surface area contributed by atoms with Crippen LogP contribution < -0.4 is 4.57 Å². The Bertz CT molecular complexity index is 1160. The van der Waals surface area contributed by atoms with Crippen molar-refractivity contribution in [1.29, 1.82) is 0 Å². The van der Waals surface area contributed by atoms with E-state index in [4.69, 9.17) is 0 Å². The fourth-order valence-corrected chi connectivity index (χ4v) is 5.63. The van der Waals surface area contributed by atoms with Crippen LogP contribution in [0, 0.1) is 33.6 Å². The molecule has 0 spiro atoms. The van der Waals surface area contributed by atoms with Crippen molar-refractivity contribution in [2.45, 2.75) is 65.7 Å². The second-order valence-electron chi connectivity index (χ2n) is 9.12. The smallest absolute Gasteiger partial charge is 0.198 e. The summed E-state index contributed by atoms with van der Waals surface area (Å²) < 4.78 is 14.4. The topological polar surface area (TPSA) is 8.81 Å². The summed E-state index contributed by atoms with van der Waals surface area (Å²) in [6.07, 6.45) is 10.5. The first-order valence-corrected chi connectivity index (χ1v) is 11.4. The van der Waals surface area contributed by atoms with Crippen molar-refractivity contribution in [2.24, 2.45) is 5.92 Å². The van der Waals surface area contributed by atoms with Crippen LogP contribution in [0.25, 0.3) is 23.3 Å². The summed E-state index contributed by atoms with van der Waals surface area (Å²) in [5, 5.41) is 0. The highest BCUT2D eigenvalue weighted by atomic mass is 15.2. The average Bonchev–Trinajstić information content (AvgIpc) is 3.26. The lowest BCUT2D eigenvalue weighted by molar-refractivity contribution is -0.590. The minimum absolute atomic E-state index is 0.392. The van der Waals surface area contributed by atoms with Gasteiger partial charge in [-0.05, 0) is 68.4 Å². The standard InChI is InChI=1S/C28H33N2/c1-19-11-8-9-16-25(19)30-22(4)27-24(23-14-6-5-7-15-23)17-18-29(27)28(30)26-20(2)12-10-13-21(26)3/h8-13,16-18,23-24H,5-7,14-15H2,1-4H3/q+1/i24D. The van der Waals surface area contributed by atoms with E-state index in [9.17, 15) is 1.37 Å².